The Morgan fingerprint density at radius 3 is 2.04 bits per heavy atom. The molecule has 0 saturated carbocycles. The van der Waals surface area contributed by atoms with Gasteiger partial charge in [0, 0.05) is 12.1 Å². The lowest BCUT2D eigenvalue weighted by Crippen LogP contribution is -2.16. The highest BCUT2D eigenvalue weighted by molar-refractivity contribution is 6.48. The van der Waals surface area contributed by atoms with E-state index in [1.165, 1.54) is 30.7 Å². The Bertz CT molecular complexity index is 813. The summed E-state index contributed by atoms with van der Waals surface area (Å²) in [6, 6.07) is 9.08. The summed E-state index contributed by atoms with van der Waals surface area (Å²) in [6.45, 7) is 2.45. The highest BCUT2D eigenvalue weighted by Crippen LogP contribution is 2.34. The van der Waals surface area contributed by atoms with Crippen LogP contribution < -0.4 is 4.74 Å². The van der Waals surface area contributed by atoms with E-state index in [2.05, 4.69) is 6.92 Å². The van der Waals surface area contributed by atoms with Crippen LogP contribution in [0, 0.1) is 0 Å². The molecule has 7 heteroatoms. The van der Waals surface area contributed by atoms with Gasteiger partial charge in [0.05, 0.1) is 32.8 Å². The monoisotopic (exact) mass is 442 g/mol. The van der Waals surface area contributed by atoms with Crippen LogP contribution in [0.15, 0.2) is 36.4 Å². The Morgan fingerprint density at radius 2 is 1.43 bits per heavy atom. The SMILES string of the molecule is CCCCCCCOC(=O)c1ccccc1C(=O)Oc1cc(Cl)c(Cl)c(Cl)c1. The molecule has 4 nitrogen and oxygen atoms in total. The number of benzene rings is 2. The van der Waals surface area contributed by atoms with E-state index in [-0.39, 0.29) is 31.9 Å². The topological polar surface area (TPSA) is 52.6 Å². The molecule has 2 aromatic rings. The van der Waals surface area contributed by atoms with Crippen LogP contribution in [0.5, 0.6) is 5.75 Å². The molecule has 2 aromatic carbocycles. The fourth-order valence-electron chi connectivity index (χ4n) is 2.54. The molecule has 0 saturated heterocycles. The van der Waals surface area contributed by atoms with Crippen molar-refractivity contribution in [2.45, 2.75) is 39.0 Å². The summed E-state index contributed by atoms with van der Waals surface area (Å²) >= 11 is 17.8. The van der Waals surface area contributed by atoms with E-state index in [1.54, 1.807) is 12.1 Å². The van der Waals surface area contributed by atoms with Crippen molar-refractivity contribution in [2.75, 3.05) is 6.61 Å². The molecular weight excluding hydrogens is 423 g/mol. The van der Waals surface area contributed by atoms with Crippen LogP contribution in [-0.4, -0.2) is 18.5 Å². The zero-order chi connectivity index (χ0) is 20.5. The number of hydrogen-bond donors (Lipinski definition) is 0. The van der Waals surface area contributed by atoms with Crippen molar-refractivity contribution in [3.8, 4) is 5.75 Å². The molecule has 0 radical (unpaired) electrons. The van der Waals surface area contributed by atoms with Crippen LogP contribution in [0.2, 0.25) is 15.1 Å². The maximum absolute atomic E-state index is 12.5. The molecule has 0 spiro atoms. The van der Waals surface area contributed by atoms with Crippen molar-refractivity contribution in [3.05, 3.63) is 62.6 Å². The number of rotatable bonds is 9. The maximum Gasteiger partial charge on any atom is 0.344 e. The summed E-state index contributed by atoms with van der Waals surface area (Å²) in [5.74, 6) is -1.15. The second-order valence-corrected chi connectivity index (χ2v) is 7.38. The molecule has 0 bridgehead atoms. The van der Waals surface area contributed by atoms with Gasteiger partial charge in [-0.1, -0.05) is 79.5 Å². The van der Waals surface area contributed by atoms with Crippen molar-refractivity contribution in [1.82, 2.24) is 0 Å². The first kappa shape index (κ1) is 22.5. The molecule has 0 aliphatic carbocycles. The van der Waals surface area contributed by atoms with E-state index in [0.29, 0.717) is 6.61 Å². The van der Waals surface area contributed by atoms with Crippen LogP contribution >= 0.6 is 34.8 Å². The Morgan fingerprint density at radius 1 is 0.857 bits per heavy atom. The first-order valence-electron chi connectivity index (χ1n) is 9.07. The van der Waals surface area contributed by atoms with Gasteiger partial charge < -0.3 is 9.47 Å². The number of hydrogen-bond acceptors (Lipinski definition) is 4. The fourth-order valence-corrected chi connectivity index (χ4v) is 3.12. The molecule has 0 amide bonds. The lowest BCUT2D eigenvalue weighted by molar-refractivity contribution is 0.0489. The number of esters is 2. The number of carbonyl (C=O) groups is 2. The van der Waals surface area contributed by atoms with Gasteiger partial charge in [-0.05, 0) is 18.6 Å². The lowest BCUT2D eigenvalue weighted by Gasteiger charge is -2.10. The van der Waals surface area contributed by atoms with E-state index in [4.69, 9.17) is 44.3 Å². The second kappa shape index (κ2) is 11.3. The smallest absolute Gasteiger partial charge is 0.344 e. The summed E-state index contributed by atoms with van der Waals surface area (Å²) in [7, 11) is 0. The highest BCUT2D eigenvalue weighted by atomic mass is 35.5. The summed E-state index contributed by atoms with van der Waals surface area (Å²) < 4.78 is 10.6. The third-order valence-corrected chi connectivity index (χ3v) is 5.21. The summed E-state index contributed by atoms with van der Waals surface area (Å²) in [6.07, 6.45) is 5.23. The van der Waals surface area contributed by atoms with Crippen molar-refractivity contribution in [2.24, 2.45) is 0 Å². The van der Waals surface area contributed by atoms with Crippen molar-refractivity contribution in [3.63, 3.8) is 0 Å². The van der Waals surface area contributed by atoms with Gasteiger partial charge in [-0.15, -0.1) is 0 Å². The molecule has 0 unspecified atom stereocenters. The Balaban J connectivity index is 2.04. The predicted molar refractivity (Wildman–Crippen MR) is 112 cm³/mol. The van der Waals surface area contributed by atoms with E-state index >= 15 is 0 Å². The average Bonchev–Trinajstić information content (AvgIpc) is 2.68. The van der Waals surface area contributed by atoms with Gasteiger partial charge in [-0.25, -0.2) is 9.59 Å². The number of halogens is 3. The molecule has 0 aromatic heterocycles. The third-order valence-electron chi connectivity index (χ3n) is 4.02. The predicted octanol–water partition coefficient (Wildman–Crippen LogP) is 6.99. The van der Waals surface area contributed by atoms with Crippen molar-refractivity contribution in [1.29, 1.82) is 0 Å². The minimum atomic E-state index is -0.718. The normalized spacial score (nSPS) is 10.6. The van der Waals surface area contributed by atoms with Gasteiger partial charge >= 0.3 is 11.9 Å². The van der Waals surface area contributed by atoms with Gasteiger partial charge in [0.25, 0.3) is 0 Å². The summed E-state index contributed by atoms with van der Waals surface area (Å²) in [5, 5.41) is 0.492. The van der Waals surface area contributed by atoms with Crippen molar-refractivity contribution >= 4 is 46.7 Å². The molecule has 0 aliphatic heterocycles. The molecule has 28 heavy (non-hydrogen) atoms. The molecule has 2 rings (SSSR count). The van der Waals surface area contributed by atoms with E-state index in [1.807, 2.05) is 0 Å². The lowest BCUT2D eigenvalue weighted by atomic mass is 10.1. The summed E-state index contributed by atoms with van der Waals surface area (Å²) in [5.41, 5.74) is 0.243. The molecular formula is C21H21Cl3O4. The van der Waals surface area contributed by atoms with Gasteiger partial charge in [0.1, 0.15) is 5.75 Å². The second-order valence-electron chi connectivity index (χ2n) is 6.19. The molecule has 150 valence electrons. The number of ether oxygens (including phenoxy) is 2. The Kier molecular flexibility index (Phi) is 9.10. The van der Waals surface area contributed by atoms with Crippen molar-refractivity contribution < 1.29 is 19.1 Å². The van der Waals surface area contributed by atoms with Crippen LogP contribution in [-0.2, 0) is 4.74 Å². The Hall–Kier alpha value is -1.75. The standard InChI is InChI=1S/C21H21Cl3O4/c1-2-3-4-5-8-11-27-20(25)15-9-6-7-10-16(15)21(26)28-14-12-17(22)19(24)18(23)13-14/h6-7,9-10,12-13H,2-5,8,11H2,1H3. The minimum Gasteiger partial charge on any atom is -0.462 e. The first-order valence-corrected chi connectivity index (χ1v) is 10.2. The zero-order valence-corrected chi connectivity index (χ0v) is 17.7. The zero-order valence-electron chi connectivity index (χ0n) is 15.5. The van der Waals surface area contributed by atoms with Crippen LogP contribution in [0.25, 0.3) is 0 Å². The summed E-state index contributed by atoms with van der Waals surface area (Å²) in [4.78, 5) is 24.9. The minimum absolute atomic E-state index is 0.0978. The maximum atomic E-state index is 12.5. The quantitative estimate of drug-likeness (QED) is 0.181. The van der Waals surface area contributed by atoms with Crippen LogP contribution in [0.3, 0.4) is 0 Å². The average molecular weight is 444 g/mol. The highest BCUT2D eigenvalue weighted by Gasteiger charge is 2.20. The van der Waals surface area contributed by atoms with Gasteiger partial charge in [0.15, 0.2) is 0 Å². The number of carbonyl (C=O) groups excluding carboxylic acids is 2. The molecule has 0 aliphatic rings. The van der Waals surface area contributed by atoms with E-state index < -0.39 is 11.9 Å². The van der Waals surface area contributed by atoms with Crippen LogP contribution in [0.1, 0.15) is 59.7 Å². The molecule has 0 fully saturated rings. The molecule has 0 atom stereocenters. The number of unbranched alkanes of at least 4 members (excludes halogenated alkanes) is 4. The van der Waals surface area contributed by atoms with E-state index in [9.17, 15) is 9.59 Å². The van der Waals surface area contributed by atoms with Crippen LogP contribution in [0.4, 0.5) is 0 Å². The largest absolute Gasteiger partial charge is 0.462 e. The van der Waals surface area contributed by atoms with E-state index in [0.717, 1.165) is 25.7 Å². The van der Waals surface area contributed by atoms with Gasteiger partial charge in [-0.3, -0.25) is 0 Å². The van der Waals surface area contributed by atoms with Gasteiger partial charge in [0.2, 0.25) is 0 Å². The first-order chi connectivity index (χ1) is 13.4. The Labute approximate surface area is 179 Å². The third kappa shape index (κ3) is 6.40. The fraction of sp³-hybridized carbons (Fsp3) is 0.333. The molecule has 0 N–H and O–H groups in total. The van der Waals surface area contributed by atoms with Gasteiger partial charge in [-0.2, -0.15) is 0 Å². The molecule has 0 heterocycles.